The molecule has 5 heteroatoms. The molecule has 0 fully saturated rings. The van der Waals surface area contributed by atoms with Crippen LogP contribution in [-0.4, -0.2) is 22.8 Å². The molecule has 0 saturated carbocycles. The Morgan fingerprint density at radius 2 is 2.17 bits per heavy atom. The predicted molar refractivity (Wildman–Crippen MR) is 73.9 cm³/mol. The fourth-order valence-electron chi connectivity index (χ4n) is 1.57. The lowest BCUT2D eigenvalue weighted by Gasteiger charge is -2.09. The summed E-state index contributed by atoms with van der Waals surface area (Å²) in [6, 6.07) is 7.93. The molecule has 0 aliphatic heterocycles. The van der Waals surface area contributed by atoms with Gasteiger partial charge in [0.05, 0.1) is 6.10 Å². The molecule has 0 amide bonds. The highest BCUT2D eigenvalue weighted by Crippen LogP contribution is 2.27. The number of benzene rings is 1. The van der Waals surface area contributed by atoms with E-state index in [2.05, 4.69) is 10.2 Å². The summed E-state index contributed by atoms with van der Waals surface area (Å²) in [7, 11) is 0. The number of rotatable bonds is 5. The van der Waals surface area contributed by atoms with Gasteiger partial charge in [0.15, 0.2) is 0 Å². The van der Waals surface area contributed by atoms with Gasteiger partial charge in [-0.3, -0.25) is 0 Å². The van der Waals surface area contributed by atoms with Crippen LogP contribution >= 0.6 is 11.3 Å². The quantitative estimate of drug-likeness (QED) is 0.900. The van der Waals surface area contributed by atoms with E-state index in [-0.39, 0.29) is 6.10 Å². The summed E-state index contributed by atoms with van der Waals surface area (Å²) in [5.74, 6) is 0.859. The van der Waals surface area contributed by atoms with Gasteiger partial charge in [0, 0.05) is 12.0 Å². The van der Waals surface area contributed by atoms with Gasteiger partial charge < -0.3 is 10.5 Å². The fraction of sp³-hybridized carbons (Fsp3) is 0.385. The largest absolute Gasteiger partial charge is 0.491 e. The summed E-state index contributed by atoms with van der Waals surface area (Å²) in [4.78, 5) is 0. The molecule has 18 heavy (non-hydrogen) atoms. The minimum absolute atomic E-state index is 0.169. The van der Waals surface area contributed by atoms with E-state index >= 15 is 0 Å². The van der Waals surface area contributed by atoms with E-state index in [4.69, 9.17) is 10.5 Å². The second-order valence-corrected chi connectivity index (χ2v) is 5.30. The lowest BCUT2D eigenvalue weighted by molar-refractivity contribution is 0.242. The Bertz CT molecular complexity index is 510. The highest BCUT2D eigenvalue weighted by atomic mass is 32.1. The van der Waals surface area contributed by atoms with Crippen LogP contribution in [0.1, 0.15) is 18.9 Å². The minimum atomic E-state index is 0.169. The molecule has 0 unspecified atom stereocenters. The molecule has 96 valence electrons. The van der Waals surface area contributed by atoms with E-state index in [1.165, 1.54) is 0 Å². The van der Waals surface area contributed by atoms with Gasteiger partial charge in [-0.25, -0.2) is 0 Å². The van der Waals surface area contributed by atoms with Crippen molar-refractivity contribution in [2.45, 2.75) is 26.4 Å². The molecule has 0 atom stereocenters. The monoisotopic (exact) mass is 263 g/mol. The van der Waals surface area contributed by atoms with Crippen molar-refractivity contribution < 1.29 is 4.74 Å². The summed E-state index contributed by atoms with van der Waals surface area (Å²) in [5.41, 5.74) is 6.54. The van der Waals surface area contributed by atoms with Crippen LogP contribution in [0, 0.1) is 0 Å². The normalized spacial score (nSPS) is 10.9. The number of nitrogens with zero attached hydrogens (tertiary/aromatic N) is 2. The zero-order valence-corrected chi connectivity index (χ0v) is 11.4. The SMILES string of the molecule is CC(C)Oc1cccc(-c2nnc(CCN)s2)c1. The van der Waals surface area contributed by atoms with Gasteiger partial charge in [-0.1, -0.05) is 23.5 Å². The lowest BCUT2D eigenvalue weighted by atomic mass is 10.2. The van der Waals surface area contributed by atoms with Gasteiger partial charge in [-0.2, -0.15) is 0 Å². The first-order chi connectivity index (χ1) is 8.69. The van der Waals surface area contributed by atoms with Crippen LogP contribution in [0.2, 0.25) is 0 Å². The van der Waals surface area contributed by atoms with Crippen molar-refractivity contribution in [1.82, 2.24) is 10.2 Å². The van der Waals surface area contributed by atoms with Gasteiger partial charge in [0.1, 0.15) is 15.8 Å². The third kappa shape index (κ3) is 3.27. The molecule has 0 aliphatic carbocycles. The molecule has 1 heterocycles. The van der Waals surface area contributed by atoms with Gasteiger partial charge in [-0.05, 0) is 32.5 Å². The molecule has 4 nitrogen and oxygen atoms in total. The van der Waals surface area contributed by atoms with Crippen molar-refractivity contribution in [3.05, 3.63) is 29.3 Å². The Morgan fingerprint density at radius 3 is 2.89 bits per heavy atom. The Hall–Kier alpha value is -1.46. The maximum absolute atomic E-state index is 5.67. The van der Waals surface area contributed by atoms with Crippen LogP contribution in [-0.2, 0) is 6.42 Å². The molecule has 1 aromatic carbocycles. The first-order valence-corrected chi connectivity index (χ1v) is 6.80. The van der Waals surface area contributed by atoms with E-state index in [9.17, 15) is 0 Å². The summed E-state index contributed by atoms with van der Waals surface area (Å²) < 4.78 is 5.67. The van der Waals surface area contributed by atoms with Crippen molar-refractivity contribution in [3.8, 4) is 16.3 Å². The van der Waals surface area contributed by atoms with Gasteiger partial charge in [0.25, 0.3) is 0 Å². The van der Waals surface area contributed by atoms with Crippen molar-refractivity contribution in [1.29, 1.82) is 0 Å². The van der Waals surface area contributed by atoms with Crippen molar-refractivity contribution >= 4 is 11.3 Å². The molecule has 1 aromatic heterocycles. The maximum atomic E-state index is 5.67. The number of aromatic nitrogens is 2. The number of nitrogens with two attached hydrogens (primary N) is 1. The van der Waals surface area contributed by atoms with Crippen LogP contribution in [0.5, 0.6) is 5.75 Å². The van der Waals surface area contributed by atoms with Crippen LogP contribution in [0.3, 0.4) is 0 Å². The van der Waals surface area contributed by atoms with Crippen molar-refractivity contribution in [3.63, 3.8) is 0 Å². The molecule has 0 radical (unpaired) electrons. The van der Waals surface area contributed by atoms with E-state index in [0.29, 0.717) is 6.54 Å². The van der Waals surface area contributed by atoms with Crippen molar-refractivity contribution in [2.75, 3.05) is 6.54 Å². The highest BCUT2D eigenvalue weighted by Gasteiger charge is 2.07. The molecule has 0 saturated heterocycles. The molecule has 2 N–H and O–H groups in total. The van der Waals surface area contributed by atoms with Crippen LogP contribution in [0.15, 0.2) is 24.3 Å². The Labute approximate surface area is 111 Å². The third-order valence-corrected chi connectivity index (χ3v) is 3.31. The van der Waals surface area contributed by atoms with Crippen LogP contribution in [0.4, 0.5) is 0 Å². The van der Waals surface area contributed by atoms with E-state index in [1.54, 1.807) is 11.3 Å². The maximum Gasteiger partial charge on any atom is 0.147 e. The molecular formula is C13H17N3OS. The Kier molecular flexibility index (Phi) is 4.28. The van der Waals surface area contributed by atoms with Gasteiger partial charge >= 0.3 is 0 Å². The van der Waals surface area contributed by atoms with E-state index in [0.717, 1.165) is 27.7 Å². The van der Waals surface area contributed by atoms with Crippen molar-refractivity contribution in [2.24, 2.45) is 5.73 Å². The highest BCUT2D eigenvalue weighted by molar-refractivity contribution is 7.14. The molecule has 0 spiro atoms. The predicted octanol–water partition coefficient (Wildman–Crippen LogP) is 2.49. The third-order valence-electron chi connectivity index (χ3n) is 2.28. The Balaban J connectivity index is 2.21. The smallest absolute Gasteiger partial charge is 0.147 e. The van der Waals surface area contributed by atoms with Gasteiger partial charge in [0.2, 0.25) is 0 Å². The summed E-state index contributed by atoms with van der Waals surface area (Å²) >= 11 is 1.58. The first-order valence-electron chi connectivity index (χ1n) is 5.98. The Morgan fingerprint density at radius 1 is 1.33 bits per heavy atom. The first kappa shape index (κ1) is 13.0. The second-order valence-electron chi connectivity index (χ2n) is 4.23. The molecule has 0 aliphatic rings. The molecule has 0 bridgehead atoms. The number of hydrogen-bond acceptors (Lipinski definition) is 5. The zero-order valence-electron chi connectivity index (χ0n) is 10.6. The lowest BCUT2D eigenvalue weighted by Crippen LogP contribution is -2.05. The average Bonchev–Trinajstić information content (AvgIpc) is 2.78. The van der Waals surface area contributed by atoms with Gasteiger partial charge in [-0.15, -0.1) is 10.2 Å². The fourth-order valence-corrected chi connectivity index (χ4v) is 2.42. The van der Waals surface area contributed by atoms with Crippen LogP contribution < -0.4 is 10.5 Å². The molecule has 2 aromatic rings. The molecular weight excluding hydrogens is 246 g/mol. The zero-order chi connectivity index (χ0) is 13.0. The van der Waals surface area contributed by atoms with E-state index < -0.39 is 0 Å². The minimum Gasteiger partial charge on any atom is -0.491 e. The van der Waals surface area contributed by atoms with E-state index in [1.807, 2.05) is 38.1 Å². The standard InChI is InChI=1S/C13H17N3OS/c1-9(2)17-11-5-3-4-10(8-11)13-16-15-12(18-13)6-7-14/h3-5,8-9H,6-7,14H2,1-2H3. The summed E-state index contributed by atoms with van der Waals surface area (Å²) in [5, 5.41) is 10.2. The van der Waals surface area contributed by atoms with Crippen LogP contribution in [0.25, 0.3) is 10.6 Å². The topological polar surface area (TPSA) is 61.0 Å². The summed E-state index contributed by atoms with van der Waals surface area (Å²) in [6.45, 7) is 4.62. The number of ether oxygens (including phenoxy) is 1. The molecule has 2 rings (SSSR count). The summed E-state index contributed by atoms with van der Waals surface area (Å²) in [6.07, 6.45) is 0.947. The average molecular weight is 263 g/mol. The second kappa shape index (κ2) is 5.93. The number of hydrogen-bond donors (Lipinski definition) is 1.